The predicted octanol–water partition coefficient (Wildman–Crippen LogP) is 2.31. The Balaban J connectivity index is 1.51. The molecule has 0 aromatic heterocycles. The summed E-state index contributed by atoms with van der Waals surface area (Å²) in [5, 5.41) is 0. The molecule has 1 heterocycles. The minimum Gasteiger partial charge on any atom is -0.427 e. The number of hydrogen-bond acceptors (Lipinski definition) is 4. The number of anilines is 1. The van der Waals surface area contributed by atoms with Crippen LogP contribution in [-0.4, -0.2) is 17.8 Å². The number of benzene rings is 1. The van der Waals surface area contributed by atoms with Gasteiger partial charge in [0.1, 0.15) is 5.75 Å². The molecule has 1 spiro atoms. The normalized spacial score (nSPS) is 34.1. The van der Waals surface area contributed by atoms with Crippen LogP contribution in [0.2, 0.25) is 0 Å². The van der Waals surface area contributed by atoms with E-state index in [1.165, 1.54) is 11.8 Å². The second-order valence-electron chi connectivity index (χ2n) is 7.32. The number of ether oxygens (including phenoxy) is 1. The van der Waals surface area contributed by atoms with E-state index in [1.54, 1.807) is 24.3 Å². The third-order valence-electron chi connectivity index (χ3n) is 6.19. The Morgan fingerprint density at radius 3 is 2.29 bits per heavy atom. The number of amides is 2. The highest BCUT2D eigenvalue weighted by Gasteiger charge is 2.73. The zero-order chi connectivity index (χ0) is 16.6. The second-order valence-corrected chi connectivity index (χ2v) is 7.32. The average molecular weight is 323 g/mol. The van der Waals surface area contributed by atoms with Crippen LogP contribution in [0.25, 0.3) is 0 Å². The van der Waals surface area contributed by atoms with Gasteiger partial charge < -0.3 is 4.74 Å². The lowest BCUT2D eigenvalue weighted by Crippen LogP contribution is -2.34. The van der Waals surface area contributed by atoms with Gasteiger partial charge in [0.2, 0.25) is 11.8 Å². The Morgan fingerprint density at radius 1 is 1.12 bits per heavy atom. The van der Waals surface area contributed by atoms with Crippen LogP contribution >= 0.6 is 0 Å². The van der Waals surface area contributed by atoms with Crippen LogP contribution in [0, 0.1) is 29.1 Å². The van der Waals surface area contributed by atoms with E-state index in [4.69, 9.17) is 4.74 Å². The van der Waals surface area contributed by atoms with Crippen molar-refractivity contribution < 1.29 is 19.1 Å². The average Bonchev–Trinajstić information content (AvgIpc) is 3.12. The molecule has 24 heavy (non-hydrogen) atoms. The molecule has 0 unspecified atom stereocenters. The molecule has 122 valence electrons. The lowest BCUT2D eigenvalue weighted by Gasteiger charge is -2.22. The summed E-state index contributed by atoms with van der Waals surface area (Å²) in [7, 11) is 0. The molecule has 1 aromatic rings. The molecule has 2 saturated carbocycles. The molecule has 0 radical (unpaired) electrons. The first kappa shape index (κ1) is 14.0. The van der Waals surface area contributed by atoms with Crippen molar-refractivity contribution in [3.63, 3.8) is 0 Å². The molecule has 4 atom stereocenters. The van der Waals surface area contributed by atoms with Crippen LogP contribution < -0.4 is 9.64 Å². The molecule has 5 rings (SSSR count). The SMILES string of the molecule is CC(=O)Oc1cccc(N2C(=O)[C@@H]3[C@@H](C2=O)[C@@H]2C=C[C@@H]3C23CC3)c1. The van der Waals surface area contributed by atoms with Gasteiger partial charge >= 0.3 is 5.97 Å². The molecule has 4 aliphatic rings. The number of allylic oxidation sites excluding steroid dienone is 2. The highest BCUT2D eigenvalue weighted by Crippen LogP contribution is 2.73. The molecule has 2 bridgehead atoms. The summed E-state index contributed by atoms with van der Waals surface area (Å²) < 4.78 is 5.08. The van der Waals surface area contributed by atoms with E-state index in [0.29, 0.717) is 11.4 Å². The van der Waals surface area contributed by atoms with Crippen molar-refractivity contribution in [2.75, 3.05) is 4.90 Å². The van der Waals surface area contributed by atoms with Crippen molar-refractivity contribution in [3.8, 4) is 5.75 Å². The van der Waals surface area contributed by atoms with E-state index in [9.17, 15) is 14.4 Å². The van der Waals surface area contributed by atoms with E-state index in [0.717, 1.165) is 12.8 Å². The molecule has 1 saturated heterocycles. The first-order valence-electron chi connectivity index (χ1n) is 8.37. The summed E-state index contributed by atoms with van der Waals surface area (Å²) in [6.45, 7) is 1.32. The molecule has 5 heteroatoms. The number of fused-ring (bicyclic) bond motifs is 3. The third kappa shape index (κ3) is 1.57. The van der Waals surface area contributed by atoms with Gasteiger partial charge in [0.15, 0.2) is 0 Å². The summed E-state index contributed by atoms with van der Waals surface area (Å²) in [5.74, 6) is -0.296. The van der Waals surface area contributed by atoms with Gasteiger partial charge in [0.25, 0.3) is 0 Å². The summed E-state index contributed by atoms with van der Waals surface area (Å²) in [5.41, 5.74) is 0.689. The zero-order valence-corrected chi connectivity index (χ0v) is 13.3. The minimum absolute atomic E-state index is 0.104. The van der Waals surface area contributed by atoms with Gasteiger partial charge in [-0.3, -0.25) is 14.4 Å². The van der Waals surface area contributed by atoms with Gasteiger partial charge in [-0.2, -0.15) is 0 Å². The maximum atomic E-state index is 13.0. The Kier molecular flexibility index (Phi) is 2.53. The fraction of sp³-hybridized carbons (Fsp3) is 0.421. The van der Waals surface area contributed by atoms with Gasteiger partial charge in [-0.25, -0.2) is 4.90 Å². The molecule has 3 aliphatic carbocycles. The van der Waals surface area contributed by atoms with Crippen molar-refractivity contribution in [2.45, 2.75) is 19.8 Å². The third-order valence-corrected chi connectivity index (χ3v) is 6.19. The van der Waals surface area contributed by atoms with Crippen LogP contribution in [0.5, 0.6) is 5.75 Å². The van der Waals surface area contributed by atoms with Crippen molar-refractivity contribution >= 4 is 23.5 Å². The summed E-state index contributed by atoms with van der Waals surface area (Å²) in [6, 6.07) is 6.63. The number of rotatable bonds is 2. The van der Waals surface area contributed by atoms with E-state index in [1.807, 2.05) is 0 Å². The zero-order valence-electron chi connectivity index (χ0n) is 13.3. The Hall–Kier alpha value is -2.43. The predicted molar refractivity (Wildman–Crippen MR) is 85.0 cm³/mol. The Labute approximate surface area is 139 Å². The molecule has 2 amide bonds. The van der Waals surface area contributed by atoms with Crippen molar-refractivity contribution in [1.82, 2.24) is 0 Å². The van der Waals surface area contributed by atoms with Crippen molar-refractivity contribution in [2.24, 2.45) is 29.1 Å². The first-order chi connectivity index (χ1) is 11.5. The summed E-state index contributed by atoms with van der Waals surface area (Å²) in [4.78, 5) is 38.4. The van der Waals surface area contributed by atoms with Crippen molar-refractivity contribution in [3.05, 3.63) is 36.4 Å². The van der Waals surface area contributed by atoms with E-state index >= 15 is 0 Å². The maximum absolute atomic E-state index is 13.0. The number of imide groups is 1. The number of esters is 1. The lowest BCUT2D eigenvalue weighted by atomic mass is 9.85. The number of carbonyl (C=O) groups excluding carboxylic acids is 3. The quantitative estimate of drug-likeness (QED) is 0.363. The highest BCUT2D eigenvalue weighted by molar-refractivity contribution is 6.23. The van der Waals surface area contributed by atoms with Crippen LogP contribution in [0.3, 0.4) is 0 Å². The largest absolute Gasteiger partial charge is 0.427 e. The van der Waals surface area contributed by atoms with Crippen molar-refractivity contribution in [1.29, 1.82) is 0 Å². The topological polar surface area (TPSA) is 63.7 Å². The standard InChI is InChI=1S/C19H17NO4/c1-10(21)24-12-4-2-3-11(9-12)20-17(22)15-13-5-6-14(16(15)18(20)23)19(13)7-8-19/h2-6,9,13-16H,7-8H2,1H3/t13-,14-,15-,16-/m0/s1. The monoisotopic (exact) mass is 323 g/mol. The number of hydrogen-bond donors (Lipinski definition) is 0. The summed E-state index contributed by atoms with van der Waals surface area (Å²) in [6.07, 6.45) is 6.57. The van der Waals surface area contributed by atoms with Gasteiger partial charge in [-0.1, -0.05) is 18.2 Å². The molecule has 1 aliphatic heterocycles. The minimum atomic E-state index is -0.430. The number of nitrogens with zero attached hydrogens (tertiary/aromatic N) is 1. The first-order valence-corrected chi connectivity index (χ1v) is 8.37. The smallest absolute Gasteiger partial charge is 0.308 e. The molecule has 0 N–H and O–H groups in total. The van der Waals surface area contributed by atoms with Gasteiger partial charge in [0, 0.05) is 13.0 Å². The fourth-order valence-corrected chi connectivity index (χ4v) is 5.18. The van der Waals surface area contributed by atoms with Gasteiger partial charge in [0.05, 0.1) is 17.5 Å². The highest BCUT2D eigenvalue weighted by atomic mass is 16.5. The van der Waals surface area contributed by atoms with E-state index in [-0.39, 0.29) is 40.9 Å². The Morgan fingerprint density at radius 2 is 1.75 bits per heavy atom. The van der Waals surface area contributed by atoms with Gasteiger partial charge in [-0.05, 0) is 42.2 Å². The number of carbonyl (C=O) groups is 3. The second kappa shape index (κ2) is 4.35. The van der Waals surface area contributed by atoms with E-state index < -0.39 is 5.97 Å². The molecular weight excluding hydrogens is 306 g/mol. The fourth-order valence-electron chi connectivity index (χ4n) is 5.18. The molecule has 3 fully saturated rings. The Bertz CT molecular complexity index is 788. The van der Waals surface area contributed by atoms with Crippen LogP contribution in [0.1, 0.15) is 19.8 Å². The van der Waals surface area contributed by atoms with E-state index in [2.05, 4.69) is 12.2 Å². The van der Waals surface area contributed by atoms with Crippen LogP contribution in [0.4, 0.5) is 5.69 Å². The van der Waals surface area contributed by atoms with Crippen LogP contribution in [-0.2, 0) is 14.4 Å². The van der Waals surface area contributed by atoms with Crippen LogP contribution in [0.15, 0.2) is 36.4 Å². The summed E-state index contributed by atoms with van der Waals surface area (Å²) >= 11 is 0. The maximum Gasteiger partial charge on any atom is 0.308 e. The lowest BCUT2D eigenvalue weighted by molar-refractivity contribution is -0.132. The molecular formula is C19H17NO4. The van der Waals surface area contributed by atoms with Gasteiger partial charge in [-0.15, -0.1) is 0 Å². The molecule has 5 nitrogen and oxygen atoms in total. The molecule has 1 aromatic carbocycles.